The molecule has 2 unspecified atom stereocenters. The Hall–Kier alpha value is -0.660. The monoisotopic (exact) mass is 225 g/mol. The molecule has 0 bridgehead atoms. The summed E-state index contributed by atoms with van der Waals surface area (Å²) in [4.78, 5) is 10.2. The fourth-order valence-electron chi connectivity index (χ4n) is 1.07. The zero-order chi connectivity index (χ0) is 11.4. The zero-order valence-corrected chi connectivity index (χ0v) is 8.91. The largest absolute Gasteiger partial charge is 0.480 e. The fraction of sp³-hybridized carbons (Fsp3) is 0.857. The molecule has 0 aliphatic heterocycles. The predicted molar refractivity (Wildman–Crippen MR) is 50.3 cm³/mol. The highest BCUT2D eigenvalue weighted by molar-refractivity contribution is 7.90. The summed E-state index contributed by atoms with van der Waals surface area (Å²) >= 11 is 0. The van der Waals surface area contributed by atoms with Gasteiger partial charge >= 0.3 is 5.97 Å². The van der Waals surface area contributed by atoms with Crippen molar-refractivity contribution in [2.75, 3.05) is 5.75 Å². The molecule has 0 heterocycles. The second-order valence-electron chi connectivity index (χ2n) is 3.26. The summed E-state index contributed by atoms with van der Waals surface area (Å²) in [6.45, 7) is 3.09. The van der Waals surface area contributed by atoms with Crippen molar-refractivity contribution in [2.24, 2.45) is 0 Å². The third kappa shape index (κ3) is 6.81. The van der Waals surface area contributed by atoms with Gasteiger partial charge in [-0.3, -0.25) is 4.79 Å². The van der Waals surface area contributed by atoms with Crippen LogP contribution in [0.3, 0.4) is 0 Å². The maximum absolute atomic E-state index is 11.1. The standard InChI is InChI=1S/C7H15NO5S/c1-5(3-6(2)9)8-14(12,13)4-7(10)11/h5-6,8-9H,3-4H2,1-2H3,(H,10,11). The molecule has 84 valence electrons. The molecule has 0 aromatic rings. The second kappa shape index (κ2) is 5.28. The fourth-order valence-corrected chi connectivity index (χ4v) is 2.19. The van der Waals surface area contributed by atoms with E-state index in [1.54, 1.807) is 6.92 Å². The predicted octanol–water partition coefficient (Wildman–Crippen LogP) is -0.850. The first-order valence-corrected chi connectivity index (χ1v) is 5.78. The van der Waals surface area contributed by atoms with Gasteiger partial charge in [0.05, 0.1) is 6.10 Å². The van der Waals surface area contributed by atoms with Gasteiger partial charge in [-0.25, -0.2) is 13.1 Å². The van der Waals surface area contributed by atoms with E-state index in [9.17, 15) is 13.2 Å². The maximum Gasteiger partial charge on any atom is 0.320 e. The van der Waals surface area contributed by atoms with E-state index in [-0.39, 0.29) is 6.42 Å². The molecule has 0 rings (SSSR count). The minimum absolute atomic E-state index is 0.249. The third-order valence-electron chi connectivity index (χ3n) is 1.39. The number of carboxylic acid groups (broad SMARTS) is 1. The minimum atomic E-state index is -3.79. The molecule has 6 nitrogen and oxygen atoms in total. The van der Waals surface area contributed by atoms with Gasteiger partial charge in [0, 0.05) is 6.04 Å². The highest BCUT2D eigenvalue weighted by Gasteiger charge is 2.18. The van der Waals surface area contributed by atoms with E-state index in [4.69, 9.17) is 10.2 Å². The van der Waals surface area contributed by atoms with E-state index < -0.39 is 33.9 Å². The Kier molecular flexibility index (Phi) is 5.03. The van der Waals surface area contributed by atoms with Crippen molar-refractivity contribution in [3.63, 3.8) is 0 Å². The Bertz CT molecular complexity index is 284. The van der Waals surface area contributed by atoms with E-state index >= 15 is 0 Å². The summed E-state index contributed by atoms with van der Waals surface area (Å²) in [5.74, 6) is -2.35. The first-order chi connectivity index (χ1) is 6.23. The first-order valence-electron chi connectivity index (χ1n) is 4.13. The maximum atomic E-state index is 11.1. The number of hydrogen-bond donors (Lipinski definition) is 3. The number of aliphatic carboxylic acids is 1. The Morgan fingerprint density at radius 2 is 1.93 bits per heavy atom. The van der Waals surface area contributed by atoms with Crippen LogP contribution in [0.25, 0.3) is 0 Å². The average molecular weight is 225 g/mol. The normalized spacial score (nSPS) is 16.2. The van der Waals surface area contributed by atoms with Crippen LogP contribution in [0.2, 0.25) is 0 Å². The Labute approximate surface area is 83.0 Å². The van der Waals surface area contributed by atoms with Gasteiger partial charge in [0.1, 0.15) is 0 Å². The highest BCUT2D eigenvalue weighted by Crippen LogP contribution is 1.98. The summed E-state index contributed by atoms with van der Waals surface area (Å²) in [6.07, 6.45) is -0.378. The topological polar surface area (TPSA) is 104 Å². The lowest BCUT2D eigenvalue weighted by Crippen LogP contribution is -2.37. The first kappa shape index (κ1) is 13.3. The smallest absolute Gasteiger partial charge is 0.320 e. The zero-order valence-electron chi connectivity index (χ0n) is 8.10. The molecule has 0 aliphatic rings. The number of carbonyl (C=O) groups is 1. The van der Waals surface area contributed by atoms with Crippen LogP contribution in [0, 0.1) is 0 Å². The van der Waals surface area contributed by atoms with Crippen LogP contribution in [0.1, 0.15) is 20.3 Å². The molecule has 0 aliphatic carbocycles. The Morgan fingerprint density at radius 1 is 1.43 bits per heavy atom. The van der Waals surface area contributed by atoms with Gasteiger partial charge in [0.15, 0.2) is 5.75 Å². The molecule has 3 N–H and O–H groups in total. The molecule has 0 amide bonds. The Morgan fingerprint density at radius 3 is 2.29 bits per heavy atom. The van der Waals surface area contributed by atoms with E-state index in [1.165, 1.54) is 6.92 Å². The summed E-state index contributed by atoms with van der Waals surface area (Å²) in [5.41, 5.74) is 0. The lowest BCUT2D eigenvalue weighted by molar-refractivity contribution is -0.134. The van der Waals surface area contributed by atoms with Crippen molar-refractivity contribution < 1.29 is 23.4 Å². The summed E-state index contributed by atoms with van der Waals surface area (Å²) in [6, 6.07) is -0.473. The van der Waals surface area contributed by atoms with Crippen LogP contribution in [0.5, 0.6) is 0 Å². The van der Waals surface area contributed by atoms with E-state index in [1.807, 2.05) is 0 Å². The molecule has 0 aromatic heterocycles. The van der Waals surface area contributed by atoms with Gasteiger partial charge < -0.3 is 10.2 Å². The number of sulfonamides is 1. The van der Waals surface area contributed by atoms with Crippen molar-refractivity contribution >= 4 is 16.0 Å². The van der Waals surface area contributed by atoms with Gasteiger partial charge in [-0.05, 0) is 20.3 Å². The number of carboxylic acids is 1. The van der Waals surface area contributed by atoms with E-state index in [0.29, 0.717) is 0 Å². The molecule has 14 heavy (non-hydrogen) atoms. The molecule has 0 aromatic carbocycles. The van der Waals surface area contributed by atoms with Gasteiger partial charge in [-0.15, -0.1) is 0 Å². The van der Waals surface area contributed by atoms with Gasteiger partial charge in [0.2, 0.25) is 10.0 Å². The second-order valence-corrected chi connectivity index (χ2v) is 5.01. The summed E-state index contributed by atoms with van der Waals surface area (Å²) < 4.78 is 24.3. The van der Waals surface area contributed by atoms with Crippen LogP contribution in [0.4, 0.5) is 0 Å². The van der Waals surface area contributed by atoms with Gasteiger partial charge in [0.25, 0.3) is 0 Å². The number of aliphatic hydroxyl groups is 1. The van der Waals surface area contributed by atoms with Crippen LogP contribution in [-0.2, 0) is 14.8 Å². The molecule has 0 spiro atoms. The number of aliphatic hydroxyl groups excluding tert-OH is 1. The highest BCUT2D eigenvalue weighted by atomic mass is 32.2. The van der Waals surface area contributed by atoms with Crippen molar-refractivity contribution in [1.82, 2.24) is 4.72 Å². The number of rotatable bonds is 6. The minimum Gasteiger partial charge on any atom is -0.480 e. The van der Waals surface area contributed by atoms with Crippen molar-refractivity contribution in [2.45, 2.75) is 32.4 Å². The number of nitrogens with one attached hydrogen (secondary N) is 1. The van der Waals surface area contributed by atoms with Gasteiger partial charge in [-0.1, -0.05) is 0 Å². The van der Waals surface area contributed by atoms with Gasteiger partial charge in [-0.2, -0.15) is 0 Å². The molecular weight excluding hydrogens is 210 g/mol. The molecule has 7 heteroatoms. The third-order valence-corrected chi connectivity index (χ3v) is 2.78. The SMILES string of the molecule is CC(O)CC(C)NS(=O)(=O)CC(=O)O. The molecular formula is C7H15NO5S. The van der Waals surface area contributed by atoms with Crippen molar-refractivity contribution in [3.8, 4) is 0 Å². The van der Waals surface area contributed by atoms with Crippen molar-refractivity contribution in [3.05, 3.63) is 0 Å². The summed E-state index contributed by atoms with van der Waals surface area (Å²) in [7, 11) is -3.79. The molecule has 0 fully saturated rings. The lowest BCUT2D eigenvalue weighted by Gasteiger charge is -2.14. The molecule has 0 radical (unpaired) electrons. The van der Waals surface area contributed by atoms with E-state index in [0.717, 1.165) is 0 Å². The van der Waals surface area contributed by atoms with Crippen LogP contribution in [0.15, 0.2) is 0 Å². The van der Waals surface area contributed by atoms with Crippen LogP contribution >= 0.6 is 0 Å². The molecule has 2 atom stereocenters. The van der Waals surface area contributed by atoms with Crippen LogP contribution < -0.4 is 4.72 Å². The van der Waals surface area contributed by atoms with Crippen molar-refractivity contribution in [1.29, 1.82) is 0 Å². The summed E-state index contributed by atoms with van der Waals surface area (Å²) in [5, 5.41) is 17.2. The lowest BCUT2D eigenvalue weighted by atomic mass is 10.2. The molecule has 0 saturated heterocycles. The number of hydrogen-bond acceptors (Lipinski definition) is 4. The van der Waals surface area contributed by atoms with Crippen LogP contribution in [-0.4, -0.2) is 42.5 Å². The van der Waals surface area contributed by atoms with E-state index in [2.05, 4.69) is 4.72 Å². The molecule has 0 saturated carbocycles. The Balaban J connectivity index is 4.16. The average Bonchev–Trinajstić information content (AvgIpc) is 1.77. The quantitative estimate of drug-likeness (QED) is 0.546.